The van der Waals surface area contributed by atoms with Crippen LogP contribution in [0.3, 0.4) is 0 Å². The Hall–Kier alpha value is -4.24. The van der Waals surface area contributed by atoms with Gasteiger partial charge in [0.25, 0.3) is 0 Å². The first-order valence-corrected chi connectivity index (χ1v) is 12.0. The molecular formula is C26H24N6O2S. The number of amides is 1. The maximum absolute atomic E-state index is 11.1. The van der Waals surface area contributed by atoms with Gasteiger partial charge < -0.3 is 15.8 Å². The molecule has 176 valence electrons. The molecule has 3 N–H and O–H groups in total. The van der Waals surface area contributed by atoms with E-state index in [0.29, 0.717) is 0 Å². The van der Waals surface area contributed by atoms with Crippen LogP contribution in [0.15, 0.2) is 72.5 Å². The molecule has 0 aliphatic carbocycles. The van der Waals surface area contributed by atoms with Crippen molar-refractivity contribution in [2.75, 3.05) is 5.32 Å². The van der Waals surface area contributed by atoms with Gasteiger partial charge in [0.15, 0.2) is 5.82 Å². The summed E-state index contributed by atoms with van der Waals surface area (Å²) < 4.78 is 6.81. The average Bonchev–Trinajstić information content (AvgIpc) is 3.52. The quantitative estimate of drug-likeness (QED) is 0.315. The van der Waals surface area contributed by atoms with Crippen molar-refractivity contribution >= 4 is 34.0 Å². The Labute approximate surface area is 206 Å². The van der Waals surface area contributed by atoms with Gasteiger partial charge in [-0.15, -0.1) is 16.4 Å². The summed E-state index contributed by atoms with van der Waals surface area (Å²) in [6.45, 7) is 2.23. The molecule has 0 spiro atoms. The standard InChI is InChI=1S/C26H24N6O2S/c1-16(24-10-20(15-35-24)22-6-4-3-5-19(22)14-34-26(27)33)30-25-23-9-17(21-12-29-32(2)13-21)7-8-18(23)11-28-31-25/h3-13,15-16H,14H2,1-2H3,(H2,27,33)(H,30,31). The third kappa shape index (κ3) is 4.85. The number of hydrogen-bond donors (Lipinski definition) is 2. The number of aryl methyl sites for hydroxylation is 1. The molecule has 1 unspecified atom stereocenters. The number of nitrogens with one attached hydrogen (secondary N) is 1. The number of anilines is 1. The number of primary amides is 1. The highest BCUT2D eigenvalue weighted by Crippen LogP contribution is 2.34. The van der Waals surface area contributed by atoms with Crippen LogP contribution in [0.4, 0.5) is 10.6 Å². The van der Waals surface area contributed by atoms with Crippen molar-refractivity contribution in [1.29, 1.82) is 0 Å². The van der Waals surface area contributed by atoms with Gasteiger partial charge in [0.2, 0.25) is 0 Å². The highest BCUT2D eigenvalue weighted by atomic mass is 32.1. The molecule has 2 aromatic carbocycles. The molecule has 0 radical (unpaired) electrons. The summed E-state index contributed by atoms with van der Waals surface area (Å²) in [4.78, 5) is 12.2. The van der Waals surface area contributed by atoms with Crippen molar-refractivity contribution in [2.24, 2.45) is 12.8 Å². The summed E-state index contributed by atoms with van der Waals surface area (Å²) in [6, 6.07) is 16.2. The van der Waals surface area contributed by atoms with E-state index in [0.717, 1.165) is 49.3 Å². The lowest BCUT2D eigenvalue weighted by Crippen LogP contribution is -2.12. The molecule has 0 fully saturated rings. The molecule has 35 heavy (non-hydrogen) atoms. The van der Waals surface area contributed by atoms with Crippen LogP contribution in [0.25, 0.3) is 33.0 Å². The number of rotatable bonds is 7. The minimum Gasteiger partial charge on any atom is -0.445 e. The smallest absolute Gasteiger partial charge is 0.404 e. The topological polar surface area (TPSA) is 108 Å². The lowest BCUT2D eigenvalue weighted by molar-refractivity contribution is 0.150. The number of benzene rings is 2. The number of fused-ring (bicyclic) bond motifs is 1. The predicted octanol–water partition coefficient (Wildman–Crippen LogP) is 5.53. The Morgan fingerprint density at radius 2 is 2.00 bits per heavy atom. The van der Waals surface area contributed by atoms with Gasteiger partial charge in [0.05, 0.1) is 18.4 Å². The Bertz CT molecular complexity index is 1510. The molecule has 5 rings (SSSR count). The monoisotopic (exact) mass is 484 g/mol. The van der Waals surface area contributed by atoms with E-state index in [4.69, 9.17) is 10.5 Å². The molecular weight excluding hydrogens is 460 g/mol. The van der Waals surface area contributed by atoms with Crippen LogP contribution in [-0.4, -0.2) is 26.1 Å². The zero-order chi connectivity index (χ0) is 24.4. The van der Waals surface area contributed by atoms with E-state index in [2.05, 4.69) is 57.2 Å². The van der Waals surface area contributed by atoms with Crippen LogP contribution >= 0.6 is 11.3 Å². The number of carbonyl (C=O) groups excluding carboxylic acids is 1. The van der Waals surface area contributed by atoms with E-state index in [1.54, 1.807) is 22.2 Å². The van der Waals surface area contributed by atoms with E-state index in [1.165, 1.54) is 0 Å². The second-order valence-electron chi connectivity index (χ2n) is 8.27. The van der Waals surface area contributed by atoms with Gasteiger partial charge in [-0.2, -0.15) is 10.2 Å². The maximum Gasteiger partial charge on any atom is 0.404 e. The number of ether oxygens (including phenoxy) is 1. The Morgan fingerprint density at radius 1 is 1.14 bits per heavy atom. The van der Waals surface area contributed by atoms with Crippen LogP contribution in [0, 0.1) is 0 Å². The molecule has 0 saturated carbocycles. The Kier molecular flexibility index (Phi) is 6.15. The van der Waals surface area contributed by atoms with Crippen LogP contribution in [-0.2, 0) is 18.4 Å². The molecule has 3 heterocycles. The van der Waals surface area contributed by atoms with Crippen LogP contribution in [0.2, 0.25) is 0 Å². The molecule has 8 nitrogen and oxygen atoms in total. The fraction of sp³-hybridized carbons (Fsp3) is 0.154. The first kappa shape index (κ1) is 22.5. The Balaban J connectivity index is 1.41. The van der Waals surface area contributed by atoms with Gasteiger partial charge in [-0.3, -0.25) is 4.68 Å². The highest BCUT2D eigenvalue weighted by molar-refractivity contribution is 7.10. The van der Waals surface area contributed by atoms with E-state index < -0.39 is 6.09 Å². The molecule has 0 saturated heterocycles. The van der Waals surface area contributed by atoms with Crippen molar-refractivity contribution in [1.82, 2.24) is 20.0 Å². The SMILES string of the molecule is CC(Nc1nncc2ccc(-c3cnn(C)c3)cc12)c1cc(-c2ccccc2COC(N)=O)cs1. The summed E-state index contributed by atoms with van der Waals surface area (Å²) in [5, 5.41) is 20.5. The van der Waals surface area contributed by atoms with Crippen molar-refractivity contribution in [3.05, 3.63) is 82.9 Å². The van der Waals surface area contributed by atoms with Crippen LogP contribution in [0.1, 0.15) is 23.4 Å². The molecule has 0 aliphatic rings. The summed E-state index contributed by atoms with van der Waals surface area (Å²) >= 11 is 1.66. The van der Waals surface area contributed by atoms with E-state index in [9.17, 15) is 4.79 Å². The minimum absolute atomic E-state index is 0.00438. The molecule has 9 heteroatoms. The lowest BCUT2D eigenvalue weighted by atomic mass is 10.0. The summed E-state index contributed by atoms with van der Waals surface area (Å²) in [7, 11) is 1.91. The lowest BCUT2D eigenvalue weighted by Gasteiger charge is -2.14. The number of nitrogens with zero attached hydrogens (tertiary/aromatic N) is 4. The number of carbonyl (C=O) groups is 1. The summed E-state index contributed by atoms with van der Waals surface area (Å²) in [5.74, 6) is 0.728. The number of nitrogens with two attached hydrogens (primary N) is 1. The third-order valence-electron chi connectivity index (χ3n) is 5.80. The first-order valence-electron chi connectivity index (χ1n) is 11.1. The largest absolute Gasteiger partial charge is 0.445 e. The molecule has 3 aromatic heterocycles. The molecule has 1 atom stereocenters. The number of thiophene rings is 1. The summed E-state index contributed by atoms with van der Waals surface area (Å²) in [5.41, 5.74) is 10.2. The average molecular weight is 485 g/mol. The maximum atomic E-state index is 11.1. The first-order chi connectivity index (χ1) is 17.0. The van der Waals surface area contributed by atoms with Crippen LogP contribution < -0.4 is 11.1 Å². The van der Waals surface area contributed by atoms with Gasteiger partial charge in [0, 0.05) is 34.5 Å². The second kappa shape index (κ2) is 9.55. The normalized spacial score (nSPS) is 11.9. The minimum atomic E-state index is -0.786. The van der Waals surface area contributed by atoms with Crippen molar-refractivity contribution in [3.63, 3.8) is 0 Å². The van der Waals surface area contributed by atoms with Gasteiger partial charge in [0.1, 0.15) is 6.61 Å². The fourth-order valence-electron chi connectivity index (χ4n) is 4.01. The van der Waals surface area contributed by atoms with Gasteiger partial charge in [-0.1, -0.05) is 36.4 Å². The second-order valence-corrected chi connectivity index (χ2v) is 9.21. The van der Waals surface area contributed by atoms with Gasteiger partial charge in [-0.25, -0.2) is 4.79 Å². The van der Waals surface area contributed by atoms with Crippen molar-refractivity contribution < 1.29 is 9.53 Å². The van der Waals surface area contributed by atoms with E-state index in [-0.39, 0.29) is 12.6 Å². The molecule has 5 aromatic rings. The summed E-state index contributed by atoms with van der Waals surface area (Å²) in [6.07, 6.45) is 4.83. The highest BCUT2D eigenvalue weighted by Gasteiger charge is 2.15. The van der Waals surface area contributed by atoms with Crippen LogP contribution in [0.5, 0.6) is 0 Å². The number of aromatic nitrogens is 4. The predicted molar refractivity (Wildman–Crippen MR) is 138 cm³/mol. The van der Waals surface area contributed by atoms with E-state index in [1.807, 2.05) is 43.7 Å². The molecule has 1 amide bonds. The van der Waals surface area contributed by atoms with Gasteiger partial charge >= 0.3 is 6.09 Å². The van der Waals surface area contributed by atoms with Gasteiger partial charge in [-0.05, 0) is 46.7 Å². The third-order valence-corrected chi connectivity index (χ3v) is 6.91. The molecule has 0 bridgehead atoms. The molecule has 0 aliphatic heterocycles. The van der Waals surface area contributed by atoms with E-state index >= 15 is 0 Å². The number of hydrogen-bond acceptors (Lipinski definition) is 7. The zero-order valence-electron chi connectivity index (χ0n) is 19.3. The van der Waals surface area contributed by atoms with Crippen molar-refractivity contribution in [3.8, 4) is 22.3 Å². The fourth-order valence-corrected chi connectivity index (χ4v) is 4.92. The van der Waals surface area contributed by atoms with Crippen molar-refractivity contribution in [2.45, 2.75) is 19.6 Å². The Morgan fingerprint density at radius 3 is 2.80 bits per heavy atom. The zero-order valence-corrected chi connectivity index (χ0v) is 20.1.